The van der Waals surface area contributed by atoms with Crippen LogP contribution >= 0.6 is 39.1 Å². The van der Waals surface area contributed by atoms with Crippen molar-refractivity contribution < 1.29 is 75.9 Å². The molecule has 430 valence electrons. The minimum atomic E-state index is -0.244. The highest BCUT2D eigenvalue weighted by Crippen LogP contribution is 2.46. The van der Waals surface area contributed by atoms with Crippen molar-refractivity contribution in [2.24, 2.45) is 0 Å². The van der Waals surface area contributed by atoms with Crippen molar-refractivity contribution in [3.05, 3.63) is 150 Å². The van der Waals surface area contributed by atoms with Crippen LogP contribution in [0.2, 0.25) is 10.0 Å². The van der Waals surface area contributed by atoms with E-state index in [0.29, 0.717) is 119 Å². The van der Waals surface area contributed by atoms with Gasteiger partial charge in [-0.15, -0.1) is 0 Å². The van der Waals surface area contributed by atoms with Gasteiger partial charge in [-0.2, -0.15) is 0 Å². The molecule has 0 aliphatic heterocycles. The zero-order chi connectivity index (χ0) is 59.3. The van der Waals surface area contributed by atoms with E-state index >= 15 is 0 Å². The molecular formula is C62H65BrCl2O16. The molecule has 0 aliphatic carbocycles. The maximum absolute atomic E-state index is 13.2. The molecule has 0 unspecified atom stereocenters. The van der Waals surface area contributed by atoms with Gasteiger partial charge in [0.25, 0.3) is 0 Å². The van der Waals surface area contributed by atoms with E-state index < -0.39 is 0 Å². The molecule has 0 atom stereocenters. The summed E-state index contributed by atoms with van der Waals surface area (Å²) in [4.78, 5) is 26.2. The van der Waals surface area contributed by atoms with Crippen LogP contribution in [0.15, 0.2) is 95.5 Å². The number of hydrogen-bond donors (Lipinski definition) is 0. The molecule has 0 amide bonds. The fourth-order valence-electron chi connectivity index (χ4n) is 8.26. The van der Waals surface area contributed by atoms with Gasteiger partial charge < -0.3 is 66.3 Å². The number of ether oxygens (including phenoxy) is 14. The van der Waals surface area contributed by atoms with Crippen LogP contribution in [0.3, 0.4) is 0 Å². The number of ketones is 2. The monoisotopic (exact) mass is 1210 g/mol. The first-order valence-electron chi connectivity index (χ1n) is 24.5. The molecular weight excluding hydrogens is 1150 g/mol. The molecule has 0 fully saturated rings. The molecule has 0 saturated carbocycles. The highest BCUT2D eigenvalue weighted by molar-refractivity contribution is 9.10. The first-order valence-corrected chi connectivity index (χ1v) is 26.0. The van der Waals surface area contributed by atoms with Crippen LogP contribution in [-0.2, 0) is 12.8 Å². The van der Waals surface area contributed by atoms with E-state index in [0.717, 1.165) is 33.4 Å². The Balaban J connectivity index is 0.000000297. The smallest absolute Gasteiger partial charge is 0.204 e. The summed E-state index contributed by atoms with van der Waals surface area (Å²) in [5, 5.41) is 0.926. The summed E-state index contributed by atoms with van der Waals surface area (Å²) < 4.78 is 76.3. The summed E-state index contributed by atoms with van der Waals surface area (Å²) in [7, 11) is 21.5. The summed E-state index contributed by atoms with van der Waals surface area (Å²) in [5.74, 6) is 6.15. The van der Waals surface area contributed by atoms with Gasteiger partial charge in [0.15, 0.2) is 57.6 Å². The molecule has 0 bridgehead atoms. The van der Waals surface area contributed by atoms with Crippen LogP contribution in [0, 0.1) is 0 Å². The fraction of sp³-hybridized carbons (Fsp3) is 0.258. The Bertz CT molecular complexity index is 3240. The summed E-state index contributed by atoms with van der Waals surface area (Å²) in [6.45, 7) is 0. The fourth-order valence-corrected chi connectivity index (χ4v) is 9.41. The minimum absolute atomic E-state index is 0.213. The van der Waals surface area contributed by atoms with Crippen LogP contribution in [0.25, 0.3) is 24.3 Å². The SMILES string of the molecule is COc1cc(C/C=C\C(=O)c2cc(OC)c(OC)c(OC)c2)c(/C=C\c2cc(OC)c(OC)c(OC)c2)cc1Cl.COc1cc(C/C=C\C(=O)c2cc(OC)c(OC)c(OC)c2Br)c(/C=C\c2cc(OC)c(OC)c(OC)c2)cc1Cl. The Kier molecular flexibility index (Phi) is 24.4. The second kappa shape index (κ2) is 31.0. The highest BCUT2D eigenvalue weighted by Gasteiger charge is 2.23. The van der Waals surface area contributed by atoms with Crippen molar-refractivity contribution in [3.63, 3.8) is 0 Å². The second-order valence-corrected chi connectivity index (χ2v) is 18.4. The maximum atomic E-state index is 13.2. The molecule has 0 spiro atoms. The van der Waals surface area contributed by atoms with Gasteiger partial charge in [-0.05, 0) is 141 Å². The Labute approximate surface area is 491 Å². The number of allylic oxidation sites excluding steroid dienone is 4. The van der Waals surface area contributed by atoms with E-state index in [-0.39, 0.29) is 11.6 Å². The molecule has 0 aromatic heterocycles. The second-order valence-electron chi connectivity index (χ2n) is 16.8. The molecule has 6 aromatic carbocycles. The normalized spacial score (nSPS) is 11.0. The van der Waals surface area contributed by atoms with Gasteiger partial charge in [-0.25, -0.2) is 0 Å². The quantitative estimate of drug-likeness (QED) is 0.0286. The lowest BCUT2D eigenvalue weighted by molar-refractivity contribution is 0.103. The lowest BCUT2D eigenvalue weighted by Crippen LogP contribution is -2.03. The number of hydrogen-bond acceptors (Lipinski definition) is 16. The predicted molar refractivity (Wildman–Crippen MR) is 320 cm³/mol. The zero-order valence-electron chi connectivity index (χ0n) is 47.5. The third-order valence-corrected chi connectivity index (χ3v) is 13.7. The molecule has 16 nitrogen and oxygen atoms in total. The van der Waals surface area contributed by atoms with Gasteiger partial charge in [0, 0.05) is 11.1 Å². The van der Waals surface area contributed by atoms with Crippen molar-refractivity contribution in [3.8, 4) is 80.5 Å². The minimum Gasteiger partial charge on any atom is -0.495 e. The van der Waals surface area contributed by atoms with E-state index in [1.807, 2.05) is 72.8 Å². The number of rotatable bonds is 26. The van der Waals surface area contributed by atoms with Gasteiger partial charge in [0.1, 0.15) is 11.5 Å². The van der Waals surface area contributed by atoms with Crippen LogP contribution in [-0.4, -0.2) is 111 Å². The Morgan fingerprint density at radius 1 is 0.370 bits per heavy atom. The largest absolute Gasteiger partial charge is 0.495 e. The summed E-state index contributed by atoms with van der Waals surface area (Å²) in [6.07, 6.45) is 15.1. The first-order chi connectivity index (χ1) is 39.1. The van der Waals surface area contributed by atoms with Crippen molar-refractivity contribution in [1.82, 2.24) is 0 Å². The van der Waals surface area contributed by atoms with E-state index in [9.17, 15) is 9.59 Å². The van der Waals surface area contributed by atoms with Crippen LogP contribution < -0.4 is 66.3 Å². The molecule has 0 N–H and O–H groups in total. The topological polar surface area (TPSA) is 163 Å². The summed E-state index contributed by atoms with van der Waals surface area (Å²) in [5.41, 5.74) is 5.92. The Morgan fingerprint density at radius 2 is 0.691 bits per heavy atom. The van der Waals surface area contributed by atoms with Gasteiger partial charge in [-0.3, -0.25) is 9.59 Å². The van der Waals surface area contributed by atoms with Crippen LogP contribution in [0.4, 0.5) is 0 Å². The molecule has 0 radical (unpaired) electrons. The van der Waals surface area contributed by atoms with E-state index in [2.05, 4.69) is 15.9 Å². The molecule has 0 saturated heterocycles. The number of benzene rings is 6. The van der Waals surface area contributed by atoms with Crippen molar-refractivity contribution in [2.45, 2.75) is 12.8 Å². The Morgan fingerprint density at radius 3 is 1.02 bits per heavy atom. The third-order valence-electron chi connectivity index (χ3n) is 12.3. The molecule has 6 rings (SSSR count). The lowest BCUT2D eigenvalue weighted by Gasteiger charge is -2.15. The number of halogens is 3. The lowest BCUT2D eigenvalue weighted by atomic mass is 10.0. The average Bonchev–Trinajstić information content (AvgIpc) is 3.63. The molecule has 0 heterocycles. The molecule has 0 aliphatic rings. The van der Waals surface area contributed by atoms with Gasteiger partial charge in [0.2, 0.25) is 23.0 Å². The standard InChI is InChI=1S/C31H32BrClO8.C31H33ClO8/c1-35-24-16-19(9-8-10-23(34)21-17-27(38-4)30(40-6)31(41-7)28(21)32)20(15-22(24)33)12-11-18-13-25(36-2)29(39-5)26(14-18)37-3;1-34-25-16-20(9-8-10-24(33)22-17-28(37-4)31(40-7)29(18-22)38-5)21(15-23(25)32)12-11-19-13-26(35-2)30(39-6)27(14-19)36-3/h8,10-17H,9H2,1-7H3;8,10-18H,9H2,1-7H3/b2*10-8-,12-11-. The first kappa shape index (κ1) is 63.7. The van der Waals surface area contributed by atoms with Crippen molar-refractivity contribution >= 4 is 75.0 Å². The number of carbonyl (C=O) groups is 2. The predicted octanol–water partition coefficient (Wildman–Crippen LogP) is 13.9. The van der Waals surface area contributed by atoms with E-state index in [4.69, 9.17) is 89.5 Å². The molecule has 6 aromatic rings. The van der Waals surface area contributed by atoms with Crippen molar-refractivity contribution in [2.75, 3.05) is 99.5 Å². The highest BCUT2D eigenvalue weighted by atomic mass is 79.9. The summed E-state index contributed by atoms with van der Waals surface area (Å²) >= 11 is 16.4. The van der Waals surface area contributed by atoms with Gasteiger partial charge in [0.05, 0.1) is 114 Å². The maximum Gasteiger partial charge on any atom is 0.204 e. The van der Waals surface area contributed by atoms with Crippen LogP contribution in [0.5, 0.6) is 80.5 Å². The van der Waals surface area contributed by atoms with Crippen LogP contribution in [0.1, 0.15) is 54.1 Å². The van der Waals surface area contributed by atoms with Crippen molar-refractivity contribution in [1.29, 1.82) is 0 Å². The van der Waals surface area contributed by atoms with Gasteiger partial charge in [-0.1, -0.05) is 59.7 Å². The molecule has 19 heteroatoms. The van der Waals surface area contributed by atoms with E-state index in [1.54, 1.807) is 87.2 Å². The average molecular weight is 1220 g/mol. The Hall–Kier alpha value is -8.12. The third kappa shape index (κ3) is 15.6. The number of methoxy groups -OCH3 is 14. The van der Waals surface area contributed by atoms with E-state index in [1.165, 1.54) is 54.8 Å². The van der Waals surface area contributed by atoms with Gasteiger partial charge >= 0.3 is 0 Å². The molecule has 81 heavy (non-hydrogen) atoms. The summed E-state index contributed by atoms with van der Waals surface area (Å²) in [6, 6.07) is 19.6. The number of carbonyl (C=O) groups excluding carboxylic acids is 2. The zero-order valence-corrected chi connectivity index (χ0v) is 50.6.